The van der Waals surface area contributed by atoms with Crippen LogP contribution in [0, 0.1) is 17.8 Å². The second-order valence-electron chi connectivity index (χ2n) is 9.73. The molecule has 0 spiro atoms. The van der Waals surface area contributed by atoms with E-state index in [2.05, 4.69) is 12.2 Å². The molecule has 3 heterocycles. The van der Waals surface area contributed by atoms with E-state index in [1.807, 2.05) is 4.90 Å². The summed E-state index contributed by atoms with van der Waals surface area (Å²) < 4.78 is 4.79. The number of hydrogen-bond acceptors (Lipinski definition) is 5. The summed E-state index contributed by atoms with van der Waals surface area (Å²) in [6.45, 7) is 3.50. The van der Waals surface area contributed by atoms with E-state index in [1.165, 1.54) is 38.4 Å². The molecule has 1 unspecified atom stereocenters. The smallest absolute Gasteiger partial charge is 0.289 e. The lowest BCUT2D eigenvalue weighted by atomic mass is 9.87. The number of fused-ring (bicyclic) bond motifs is 2. The highest BCUT2D eigenvalue weighted by molar-refractivity contribution is 8.16. The van der Waals surface area contributed by atoms with Crippen molar-refractivity contribution < 1.29 is 15.4 Å². The average Bonchev–Trinajstić information content (AvgIpc) is 3.42. The Bertz CT molecular complexity index is 837. The van der Waals surface area contributed by atoms with Crippen LogP contribution in [0.15, 0.2) is 27.8 Å². The minimum atomic E-state index is -0.454. The predicted molar refractivity (Wildman–Crippen MR) is 119 cm³/mol. The van der Waals surface area contributed by atoms with Crippen LogP contribution in [0.5, 0.6) is 0 Å². The zero-order valence-corrected chi connectivity index (χ0v) is 18.5. The van der Waals surface area contributed by atoms with Gasteiger partial charge in [0.15, 0.2) is 10.9 Å². The van der Waals surface area contributed by atoms with Crippen molar-refractivity contribution in [3.8, 4) is 0 Å². The number of piperidine rings is 1. The molecule has 0 aromatic carbocycles. The van der Waals surface area contributed by atoms with Crippen molar-refractivity contribution in [2.45, 2.75) is 69.1 Å². The summed E-state index contributed by atoms with van der Waals surface area (Å²) in [6.07, 6.45) is 10.7. The van der Waals surface area contributed by atoms with Gasteiger partial charge in [0.1, 0.15) is 0 Å². The number of carbonyl (C=O) groups excluding carboxylic acids is 2. The minimum absolute atomic E-state index is 0. The number of likely N-dealkylation sites (tertiary alicyclic amines) is 1. The van der Waals surface area contributed by atoms with Crippen LogP contribution in [0.4, 0.5) is 0 Å². The fourth-order valence-corrected chi connectivity index (χ4v) is 7.11. The molecular formula is C23H33N3O3S. The van der Waals surface area contributed by atoms with E-state index < -0.39 is 4.75 Å². The van der Waals surface area contributed by atoms with E-state index in [0.29, 0.717) is 17.7 Å². The van der Waals surface area contributed by atoms with Gasteiger partial charge in [-0.1, -0.05) is 24.6 Å². The number of rotatable bonds is 4. The zero-order valence-electron chi connectivity index (χ0n) is 17.6. The molecule has 4 atom stereocenters. The standard InChI is InChI=1S/C23H31N3O3S.H2/c1-23(14-15-7-9-26(10-8-15)20(27)19-6-3-11-29-19)21(28)25-22(30-23)24-18-13-16-4-2-5-17(18)12-16;/h3,6,11,15-18H,2,4-5,7-10,12-14H2,1H3,(H,24,25,28);1H/t16-,17+,18+,23?;/m1./s1. The molecule has 4 aliphatic rings. The largest absolute Gasteiger partial charge is 0.459 e. The lowest BCUT2D eigenvalue weighted by Gasteiger charge is -2.34. The number of aliphatic imine (C=N–C) groups is 1. The van der Waals surface area contributed by atoms with Gasteiger partial charge in [0.25, 0.3) is 5.91 Å². The molecule has 1 aromatic heterocycles. The van der Waals surface area contributed by atoms with E-state index in [9.17, 15) is 9.59 Å². The molecule has 2 saturated heterocycles. The number of carbonyl (C=O) groups is 2. The van der Waals surface area contributed by atoms with E-state index >= 15 is 0 Å². The van der Waals surface area contributed by atoms with E-state index in [4.69, 9.17) is 9.41 Å². The third kappa shape index (κ3) is 3.93. The molecule has 30 heavy (non-hydrogen) atoms. The third-order valence-electron chi connectivity index (χ3n) is 7.56. The van der Waals surface area contributed by atoms with Gasteiger partial charge in [0, 0.05) is 14.5 Å². The molecule has 2 bridgehead atoms. The molecule has 2 amide bonds. The van der Waals surface area contributed by atoms with Crippen molar-refractivity contribution >= 4 is 28.7 Å². The molecule has 2 aliphatic carbocycles. The summed E-state index contributed by atoms with van der Waals surface area (Å²) in [5.41, 5.74) is 0. The van der Waals surface area contributed by atoms with Crippen molar-refractivity contribution in [1.29, 1.82) is 0 Å². The third-order valence-corrected chi connectivity index (χ3v) is 8.76. The molecule has 7 heteroatoms. The van der Waals surface area contributed by atoms with Crippen molar-refractivity contribution in [2.75, 3.05) is 13.1 Å². The predicted octanol–water partition coefficient (Wildman–Crippen LogP) is 4.32. The number of nitrogens with zero attached hydrogens (tertiary/aromatic N) is 2. The first kappa shape index (κ1) is 20.2. The fourth-order valence-electron chi connectivity index (χ4n) is 5.89. The number of nitrogens with one attached hydrogen (secondary N) is 1. The van der Waals surface area contributed by atoms with Crippen LogP contribution >= 0.6 is 11.8 Å². The topological polar surface area (TPSA) is 74.9 Å². The molecule has 5 rings (SSSR count). The lowest BCUT2D eigenvalue weighted by molar-refractivity contribution is -0.121. The SMILES string of the molecule is CC1(CC2CCN(C(=O)c3ccco3)CC2)SC(=N[C@H]2C[C@@H]3CCC[C@H]2C3)NC1=O.[HH]. The summed E-state index contributed by atoms with van der Waals surface area (Å²) in [4.78, 5) is 32.2. The van der Waals surface area contributed by atoms with Crippen LogP contribution < -0.4 is 5.32 Å². The summed E-state index contributed by atoms with van der Waals surface area (Å²) in [5, 5.41) is 3.92. The first-order valence-corrected chi connectivity index (χ1v) is 12.2. The van der Waals surface area contributed by atoms with Gasteiger partial charge in [-0.25, -0.2) is 0 Å². The Hall–Kier alpha value is -1.76. The maximum Gasteiger partial charge on any atom is 0.289 e. The Labute approximate surface area is 183 Å². The molecule has 4 fully saturated rings. The van der Waals surface area contributed by atoms with Gasteiger partial charge in [0.2, 0.25) is 5.91 Å². The highest BCUT2D eigenvalue weighted by Crippen LogP contribution is 2.45. The molecule has 1 aromatic rings. The number of amides is 2. The molecule has 2 saturated carbocycles. The summed E-state index contributed by atoms with van der Waals surface area (Å²) >= 11 is 1.63. The van der Waals surface area contributed by atoms with Gasteiger partial charge in [-0.3, -0.25) is 14.6 Å². The zero-order chi connectivity index (χ0) is 20.7. The Kier molecular flexibility index (Phi) is 5.42. The molecule has 164 valence electrons. The van der Waals surface area contributed by atoms with Crippen molar-refractivity contribution in [3.63, 3.8) is 0 Å². The number of amidine groups is 1. The molecule has 6 nitrogen and oxygen atoms in total. The average molecular weight is 432 g/mol. The number of thioether (sulfide) groups is 1. The molecule has 1 N–H and O–H groups in total. The first-order chi connectivity index (χ1) is 14.5. The minimum Gasteiger partial charge on any atom is -0.459 e. The summed E-state index contributed by atoms with van der Waals surface area (Å²) in [7, 11) is 0. The van der Waals surface area contributed by atoms with E-state index in [1.54, 1.807) is 23.9 Å². The Morgan fingerprint density at radius 1 is 1.33 bits per heavy atom. The molecule has 2 aliphatic heterocycles. The summed E-state index contributed by atoms with van der Waals surface area (Å²) in [5.74, 6) is 2.48. The quantitative estimate of drug-likeness (QED) is 0.770. The van der Waals surface area contributed by atoms with Crippen LogP contribution in [0.3, 0.4) is 0 Å². The Balaban J connectivity index is 0.00000231. The molecular weight excluding hydrogens is 398 g/mol. The van der Waals surface area contributed by atoms with Gasteiger partial charge in [0.05, 0.1) is 17.1 Å². The second kappa shape index (κ2) is 8.06. The van der Waals surface area contributed by atoms with Crippen molar-refractivity contribution in [3.05, 3.63) is 24.2 Å². The first-order valence-electron chi connectivity index (χ1n) is 11.4. The molecule has 0 radical (unpaired) electrons. The lowest BCUT2D eigenvalue weighted by Crippen LogP contribution is -2.41. The van der Waals surface area contributed by atoms with E-state index in [-0.39, 0.29) is 13.2 Å². The maximum atomic E-state index is 12.8. The normalized spacial score (nSPS) is 35.8. The van der Waals surface area contributed by atoms with Gasteiger partial charge in [-0.2, -0.15) is 0 Å². The number of hydrogen-bond donors (Lipinski definition) is 1. The van der Waals surface area contributed by atoms with Gasteiger partial charge >= 0.3 is 0 Å². The Morgan fingerprint density at radius 3 is 2.90 bits per heavy atom. The van der Waals surface area contributed by atoms with Crippen molar-refractivity contribution in [2.24, 2.45) is 22.7 Å². The highest BCUT2D eigenvalue weighted by Gasteiger charge is 2.45. The van der Waals surface area contributed by atoms with Crippen molar-refractivity contribution in [1.82, 2.24) is 10.2 Å². The van der Waals surface area contributed by atoms with Crippen LogP contribution in [-0.2, 0) is 4.79 Å². The number of furan rings is 1. The second-order valence-corrected chi connectivity index (χ2v) is 11.2. The van der Waals surface area contributed by atoms with Crippen LogP contribution in [0.2, 0.25) is 0 Å². The van der Waals surface area contributed by atoms with Crippen LogP contribution in [-0.4, -0.2) is 45.8 Å². The monoisotopic (exact) mass is 431 g/mol. The Morgan fingerprint density at radius 2 is 2.17 bits per heavy atom. The maximum absolute atomic E-state index is 12.8. The van der Waals surface area contributed by atoms with Gasteiger partial charge < -0.3 is 14.6 Å². The van der Waals surface area contributed by atoms with Crippen LogP contribution in [0.1, 0.15) is 70.3 Å². The highest BCUT2D eigenvalue weighted by atomic mass is 32.2. The fraction of sp³-hybridized carbons (Fsp3) is 0.696. The van der Waals surface area contributed by atoms with E-state index in [0.717, 1.165) is 49.4 Å². The van der Waals surface area contributed by atoms with Crippen LogP contribution in [0.25, 0.3) is 0 Å². The van der Waals surface area contributed by atoms with Gasteiger partial charge in [-0.05, 0) is 75.3 Å². The summed E-state index contributed by atoms with van der Waals surface area (Å²) in [6, 6.07) is 3.86. The van der Waals surface area contributed by atoms with Gasteiger partial charge in [-0.15, -0.1) is 0 Å².